The number of amides is 1. The third kappa shape index (κ3) is 4.30. The molecule has 1 fully saturated rings. The van der Waals surface area contributed by atoms with E-state index in [4.69, 9.17) is 0 Å². The molecule has 3 aromatic rings. The van der Waals surface area contributed by atoms with Crippen molar-refractivity contribution in [1.82, 2.24) is 4.90 Å². The highest BCUT2D eigenvalue weighted by molar-refractivity contribution is 5.94. The molecule has 3 aromatic carbocycles. The topological polar surface area (TPSA) is 20.3 Å². The SMILES string of the molecule is O=C(c1cccc(F)c1)N1CCC(Cc2ccc(-c3ccccc3)cc2)CC1. The second-order valence-corrected chi connectivity index (χ2v) is 7.51. The number of carbonyl (C=O) groups excluding carboxylic acids is 1. The van der Waals surface area contributed by atoms with Crippen molar-refractivity contribution < 1.29 is 9.18 Å². The average Bonchev–Trinajstić information content (AvgIpc) is 2.75. The molecule has 0 bridgehead atoms. The third-order valence-corrected chi connectivity index (χ3v) is 5.56. The van der Waals surface area contributed by atoms with Crippen molar-refractivity contribution >= 4 is 5.91 Å². The van der Waals surface area contributed by atoms with E-state index in [0.29, 0.717) is 11.5 Å². The first-order valence-electron chi connectivity index (χ1n) is 9.88. The molecule has 28 heavy (non-hydrogen) atoms. The minimum atomic E-state index is -0.361. The van der Waals surface area contributed by atoms with Gasteiger partial charge in [0.15, 0.2) is 0 Å². The molecule has 0 unspecified atom stereocenters. The summed E-state index contributed by atoms with van der Waals surface area (Å²) in [6.07, 6.45) is 3.01. The van der Waals surface area contributed by atoms with Crippen molar-refractivity contribution in [2.24, 2.45) is 5.92 Å². The largest absolute Gasteiger partial charge is 0.339 e. The van der Waals surface area contributed by atoms with Crippen LogP contribution in [-0.4, -0.2) is 23.9 Å². The highest BCUT2D eigenvalue weighted by Gasteiger charge is 2.24. The fourth-order valence-electron chi connectivity index (χ4n) is 3.94. The maximum absolute atomic E-state index is 13.4. The van der Waals surface area contributed by atoms with Gasteiger partial charge in [-0.05, 0) is 60.1 Å². The number of hydrogen-bond acceptors (Lipinski definition) is 1. The molecule has 1 amide bonds. The molecule has 0 atom stereocenters. The molecule has 0 aromatic heterocycles. The second-order valence-electron chi connectivity index (χ2n) is 7.51. The maximum Gasteiger partial charge on any atom is 0.253 e. The van der Waals surface area contributed by atoms with E-state index in [9.17, 15) is 9.18 Å². The van der Waals surface area contributed by atoms with Crippen LogP contribution in [0.3, 0.4) is 0 Å². The first-order valence-corrected chi connectivity index (χ1v) is 9.88. The van der Waals surface area contributed by atoms with Crippen LogP contribution >= 0.6 is 0 Å². The molecule has 2 nitrogen and oxygen atoms in total. The van der Waals surface area contributed by atoms with Crippen LogP contribution < -0.4 is 0 Å². The number of piperidine rings is 1. The van der Waals surface area contributed by atoms with Crippen molar-refractivity contribution in [2.45, 2.75) is 19.3 Å². The molecule has 1 aliphatic heterocycles. The minimum Gasteiger partial charge on any atom is -0.339 e. The quantitative estimate of drug-likeness (QED) is 0.584. The van der Waals surface area contributed by atoms with Crippen LogP contribution in [0.5, 0.6) is 0 Å². The summed E-state index contributed by atoms with van der Waals surface area (Å²) < 4.78 is 13.4. The van der Waals surface area contributed by atoms with Crippen LogP contribution in [-0.2, 0) is 6.42 Å². The Hall–Kier alpha value is -2.94. The molecule has 0 aliphatic carbocycles. The summed E-state index contributed by atoms with van der Waals surface area (Å²) in [4.78, 5) is 14.4. The summed E-state index contributed by atoms with van der Waals surface area (Å²) in [5.41, 5.74) is 4.25. The Morgan fingerprint density at radius 3 is 2.21 bits per heavy atom. The first kappa shape index (κ1) is 18.4. The van der Waals surface area contributed by atoms with E-state index in [0.717, 1.165) is 32.4 Å². The summed E-state index contributed by atoms with van der Waals surface area (Å²) in [6, 6.07) is 25.2. The molecule has 0 N–H and O–H groups in total. The predicted octanol–water partition coefficient (Wildman–Crippen LogP) is 5.59. The van der Waals surface area contributed by atoms with E-state index in [1.54, 1.807) is 12.1 Å². The molecular formula is C25H24FNO. The van der Waals surface area contributed by atoms with Gasteiger partial charge in [-0.2, -0.15) is 0 Å². The zero-order valence-corrected chi connectivity index (χ0v) is 15.9. The molecule has 0 saturated carbocycles. The Kier molecular flexibility index (Phi) is 5.52. The Balaban J connectivity index is 1.32. The van der Waals surface area contributed by atoms with Gasteiger partial charge in [-0.15, -0.1) is 0 Å². The molecular weight excluding hydrogens is 349 g/mol. The van der Waals surface area contributed by atoms with Gasteiger partial charge >= 0.3 is 0 Å². The molecule has 0 radical (unpaired) electrons. The van der Waals surface area contributed by atoms with Crippen molar-refractivity contribution in [2.75, 3.05) is 13.1 Å². The molecule has 142 valence electrons. The predicted molar refractivity (Wildman–Crippen MR) is 111 cm³/mol. The van der Waals surface area contributed by atoms with Crippen LogP contribution in [0.1, 0.15) is 28.8 Å². The van der Waals surface area contributed by atoms with Gasteiger partial charge in [0.25, 0.3) is 5.91 Å². The number of halogens is 1. The zero-order valence-electron chi connectivity index (χ0n) is 15.9. The van der Waals surface area contributed by atoms with Gasteiger partial charge in [0, 0.05) is 18.7 Å². The van der Waals surface area contributed by atoms with Gasteiger partial charge in [0.05, 0.1) is 0 Å². The lowest BCUT2D eigenvalue weighted by atomic mass is 9.89. The number of rotatable bonds is 4. The summed E-state index contributed by atoms with van der Waals surface area (Å²) >= 11 is 0. The van der Waals surface area contributed by atoms with Crippen LogP contribution in [0.15, 0.2) is 78.9 Å². The Morgan fingerprint density at radius 1 is 0.857 bits per heavy atom. The monoisotopic (exact) mass is 373 g/mol. The summed E-state index contributed by atoms with van der Waals surface area (Å²) in [5, 5.41) is 0. The van der Waals surface area contributed by atoms with Gasteiger partial charge in [0.1, 0.15) is 5.82 Å². The van der Waals surface area contributed by atoms with E-state index in [1.165, 1.54) is 28.8 Å². The van der Waals surface area contributed by atoms with Crippen LogP contribution in [0.4, 0.5) is 4.39 Å². The van der Waals surface area contributed by atoms with Gasteiger partial charge in [-0.1, -0.05) is 60.7 Å². The smallest absolute Gasteiger partial charge is 0.253 e. The number of carbonyl (C=O) groups is 1. The van der Waals surface area contributed by atoms with Crippen LogP contribution in [0.2, 0.25) is 0 Å². The lowest BCUT2D eigenvalue weighted by molar-refractivity contribution is 0.0690. The van der Waals surface area contributed by atoms with Gasteiger partial charge in [-0.25, -0.2) is 4.39 Å². The number of benzene rings is 3. The Labute approximate surface area is 165 Å². The molecule has 1 heterocycles. The van der Waals surface area contributed by atoms with Gasteiger partial charge < -0.3 is 4.90 Å². The minimum absolute atomic E-state index is 0.0647. The van der Waals surface area contributed by atoms with Crippen molar-refractivity contribution in [3.8, 4) is 11.1 Å². The van der Waals surface area contributed by atoms with E-state index < -0.39 is 0 Å². The Bertz CT molecular complexity index is 928. The average molecular weight is 373 g/mol. The fraction of sp³-hybridized carbons (Fsp3) is 0.240. The lowest BCUT2D eigenvalue weighted by Gasteiger charge is -2.32. The maximum atomic E-state index is 13.4. The van der Waals surface area contributed by atoms with E-state index in [-0.39, 0.29) is 11.7 Å². The highest BCUT2D eigenvalue weighted by atomic mass is 19.1. The molecule has 4 rings (SSSR count). The highest BCUT2D eigenvalue weighted by Crippen LogP contribution is 2.25. The molecule has 1 aliphatic rings. The second kappa shape index (κ2) is 8.39. The lowest BCUT2D eigenvalue weighted by Crippen LogP contribution is -2.38. The number of hydrogen-bond donors (Lipinski definition) is 0. The summed E-state index contributed by atoms with van der Waals surface area (Å²) in [6.45, 7) is 1.48. The summed E-state index contributed by atoms with van der Waals surface area (Å²) in [5.74, 6) is 0.156. The van der Waals surface area contributed by atoms with Crippen molar-refractivity contribution in [3.63, 3.8) is 0 Å². The van der Waals surface area contributed by atoms with E-state index in [1.807, 2.05) is 11.0 Å². The van der Waals surface area contributed by atoms with Crippen molar-refractivity contribution in [1.29, 1.82) is 0 Å². The zero-order chi connectivity index (χ0) is 19.3. The fourth-order valence-corrected chi connectivity index (χ4v) is 3.94. The first-order chi connectivity index (χ1) is 13.7. The summed E-state index contributed by atoms with van der Waals surface area (Å²) in [7, 11) is 0. The molecule has 1 saturated heterocycles. The third-order valence-electron chi connectivity index (χ3n) is 5.56. The number of nitrogens with zero attached hydrogens (tertiary/aromatic N) is 1. The Morgan fingerprint density at radius 2 is 1.54 bits per heavy atom. The van der Waals surface area contributed by atoms with Crippen molar-refractivity contribution in [3.05, 3.63) is 95.8 Å². The van der Waals surface area contributed by atoms with E-state index in [2.05, 4.69) is 48.5 Å². The normalized spacial score (nSPS) is 14.8. The standard InChI is InChI=1S/C25H24FNO/c26-24-8-4-7-23(18-24)25(28)27-15-13-20(14-16-27)17-19-9-11-22(12-10-19)21-5-2-1-3-6-21/h1-12,18,20H,13-17H2. The number of likely N-dealkylation sites (tertiary alicyclic amines) is 1. The van der Waals surface area contributed by atoms with Gasteiger partial charge in [0.2, 0.25) is 0 Å². The van der Waals surface area contributed by atoms with Crippen LogP contribution in [0.25, 0.3) is 11.1 Å². The van der Waals surface area contributed by atoms with Gasteiger partial charge in [-0.3, -0.25) is 4.79 Å². The van der Waals surface area contributed by atoms with E-state index >= 15 is 0 Å². The molecule has 3 heteroatoms. The molecule has 0 spiro atoms. The van der Waals surface area contributed by atoms with Crippen LogP contribution in [0, 0.1) is 11.7 Å².